The largest absolute Gasteiger partial charge is 0.372 e. The lowest BCUT2D eigenvalue weighted by molar-refractivity contribution is -0.176. The highest BCUT2D eigenvalue weighted by Gasteiger charge is 2.05. The summed E-state index contributed by atoms with van der Waals surface area (Å²) >= 11 is 0. The van der Waals surface area contributed by atoms with E-state index in [2.05, 4.69) is 4.94 Å². The summed E-state index contributed by atoms with van der Waals surface area (Å²) in [7, 11) is 0. The zero-order valence-electron chi connectivity index (χ0n) is 13.0. The second kappa shape index (κ2) is 9.20. The number of hydrogen-bond donors (Lipinski definition) is 0. The SMILES string of the molecule is O=C(/C=C/C=C/CCC(=O)c1ccc(-c2ccccc2)cc1)OF. The van der Waals surface area contributed by atoms with Gasteiger partial charge >= 0.3 is 5.97 Å². The molecule has 24 heavy (non-hydrogen) atoms. The summed E-state index contributed by atoms with van der Waals surface area (Å²) in [6.45, 7) is 0. The summed E-state index contributed by atoms with van der Waals surface area (Å²) in [6, 6.07) is 17.5. The fourth-order valence-corrected chi connectivity index (χ4v) is 2.17. The van der Waals surface area contributed by atoms with Gasteiger partial charge in [0.1, 0.15) is 0 Å². The molecule has 0 aliphatic carbocycles. The third kappa shape index (κ3) is 5.32. The Morgan fingerprint density at radius 3 is 2.25 bits per heavy atom. The molecule has 0 aliphatic rings. The van der Waals surface area contributed by atoms with Gasteiger partial charge in [0.05, 0.1) is 0 Å². The van der Waals surface area contributed by atoms with Crippen molar-refractivity contribution in [1.82, 2.24) is 0 Å². The van der Waals surface area contributed by atoms with Gasteiger partial charge in [0, 0.05) is 22.6 Å². The topological polar surface area (TPSA) is 43.4 Å². The lowest BCUT2D eigenvalue weighted by atomic mass is 10.0. The molecule has 0 atom stereocenters. The number of carbonyl (C=O) groups excluding carboxylic acids is 2. The van der Waals surface area contributed by atoms with E-state index >= 15 is 0 Å². The molecule has 0 spiro atoms. The summed E-state index contributed by atoms with van der Waals surface area (Å²) in [5.74, 6) is -1.01. The van der Waals surface area contributed by atoms with Crippen LogP contribution >= 0.6 is 0 Å². The molecule has 0 unspecified atom stereocenters. The number of benzene rings is 2. The zero-order chi connectivity index (χ0) is 17.2. The molecular weight excluding hydrogens is 307 g/mol. The quantitative estimate of drug-likeness (QED) is 0.415. The standard InChI is InChI=1S/C20H17FO3/c21-24-20(23)11-7-2-1-6-10-19(22)18-14-12-17(13-15-18)16-8-4-3-5-9-16/h1-5,7-9,11-15H,6,10H2/b2-1+,11-7+. The van der Waals surface area contributed by atoms with Gasteiger partial charge in [-0.2, -0.15) is 0 Å². The molecule has 0 radical (unpaired) electrons. The predicted octanol–water partition coefficient (Wildman–Crippen LogP) is 4.86. The monoisotopic (exact) mass is 324 g/mol. The molecule has 2 aromatic carbocycles. The minimum atomic E-state index is -1.06. The van der Waals surface area contributed by atoms with Crippen LogP contribution in [0.5, 0.6) is 0 Å². The van der Waals surface area contributed by atoms with Crippen LogP contribution < -0.4 is 0 Å². The minimum absolute atomic E-state index is 0.0476. The maximum Gasteiger partial charge on any atom is 0.372 e. The number of allylic oxidation sites excluding steroid dienone is 3. The van der Waals surface area contributed by atoms with Crippen LogP contribution in [-0.2, 0) is 9.74 Å². The molecule has 0 N–H and O–H groups in total. The van der Waals surface area contributed by atoms with Crippen molar-refractivity contribution in [2.45, 2.75) is 12.8 Å². The van der Waals surface area contributed by atoms with Crippen molar-refractivity contribution in [2.75, 3.05) is 0 Å². The van der Waals surface area contributed by atoms with Crippen LogP contribution in [0.2, 0.25) is 0 Å². The van der Waals surface area contributed by atoms with Crippen molar-refractivity contribution in [3.05, 3.63) is 84.5 Å². The summed E-state index contributed by atoms with van der Waals surface area (Å²) < 4.78 is 11.4. The summed E-state index contributed by atoms with van der Waals surface area (Å²) in [5.41, 5.74) is 2.84. The second-order valence-electron chi connectivity index (χ2n) is 5.09. The number of hydrogen-bond acceptors (Lipinski definition) is 3. The fraction of sp³-hybridized carbons (Fsp3) is 0.100. The van der Waals surface area contributed by atoms with E-state index in [-0.39, 0.29) is 5.78 Å². The molecule has 0 saturated heterocycles. The fourth-order valence-electron chi connectivity index (χ4n) is 2.17. The van der Waals surface area contributed by atoms with Gasteiger partial charge in [0.15, 0.2) is 5.78 Å². The van der Waals surface area contributed by atoms with Gasteiger partial charge in [-0.15, -0.1) is 0 Å². The van der Waals surface area contributed by atoms with Crippen LogP contribution in [0.25, 0.3) is 11.1 Å². The number of halogens is 1. The van der Waals surface area contributed by atoms with Gasteiger partial charge in [-0.25, -0.2) is 4.79 Å². The Kier molecular flexibility index (Phi) is 6.65. The van der Waals surface area contributed by atoms with Crippen molar-refractivity contribution < 1.29 is 19.1 Å². The third-order valence-corrected chi connectivity index (χ3v) is 3.41. The van der Waals surface area contributed by atoms with E-state index in [9.17, 15) is 14.1 Å². The number of rotatable bonds is 7. The molecule has 122 valence electrons. The highest BCUT2D eigenvalue weighted by Crippen LogP contribution is 2.19. The minimum Gasteiger partial charge on any atom is -0.294 e. The van der Waals surface area contributed by atoms with E-state index in [0.29, 0.717) is 18.4 Å². The Bertz CT molecular complexity index is 731. The van der Waals surface area contributed by atoms with Crippen LogP contribution in [0.3, 0.4) is 0 Å². The number of carbonyl (C=O) groups is 2. The molecule has 4 heteroatoms. The van der Waals surface area contributed by atoms with Gasteiger partial charge in [0.25, 0.3) is 0 Å². The Morgan fingerprint density at radius 1 is 0.917 bits per heavy atom. The first-order chi connectivity index (χ1) is 11.7. The smallest absolute Gasteiger partial charge is 0.294 e. The Balaban J connectivity index is 1.86. The normalized spacial score (nSPS) is 11.0. The van der Waals surface area contributed by atoms with Crippen LogP contribution in [-0.4, -0.2) is 11.8 Å². The van der Waals surface area contributed by atoms with Gasteiger partial charge < -0.3 is 0 Å². The maximum atomic E-state index is 12.1. The molecule has 2 aromatic rings. The van der Waals surface area contributed by atoms with Crippen molar-refractivity contribution in [2.24, 2.45) is 0 Å². The summed E-state index contributed by atoms with van der Waals surface area (Å²) in [5, 5.41) is 0. The van der Waals surface area contributed by atoms with Gasteiger partial charge in [0.2, 0.25) is 0 Å². The van der Waals surface area contributed by atoms with Crippen LogP contribution in [0.4, 0.5) is 4.53 Å². The lowest BCUT2D eigenvalue weighted by Crippen LogP contribution is -1.97. The molecule has 0 heterocycles. The molecule has 0 aliphatic heterocycles. The highest BCUT2D eigenvalue weighted by molar-refractivity contribution is 5.96. The van der Waals surface area contributed by atoms with Crippen LogP contribution in [0.15, 0.2) is 78.9 Å². The van der Waals surface area contributed by atoms with Crippen LogP contribution in [0, 0.1) is 0 Å². The first-order valence-corrected chi connectivity index (χ1v) is 7.55. The molecule has 3 nitrogen and oxygen atoms in total. The first kappa shape index (κ1) is 17.3. The molecule has 0 amide bonds. The van der Waals surface area contributed by atoms with Crippen molar-refractivity contribution in [1.29, 1.82) is 0 Å². The average molecular weight is 324 g/mol. The number of Topliss-reactive ketones (excluding diaryl/α,β-unsaturated/α-hetero) is 1. The van der Waals surface area contributed by atoms with Gasteiger partial charge in [-0.05, 0) is 17.5 Å². The maximum absolute atomic E-state index is 12.1. The molecule has 2 rings (SSSR count). The molecule has 0 saturated carbocycles. The Hall–Kier alpha value is -3.01. The highest BCUT2D eigenvalue weighted by atomic mass is 19.3. The van der Waals surface area contributed by atoms with Crippen molar-refractivity contribution in [3.63, 3.8) is 0 Å². The first-order valence-electron chi connectivity index (χ1n) is 7.55. The van der Waals surface area contributed by atoms with Gasteiger partial charge in [-0.1, -0.05) is 72.8 Å². The molecule has 0 aromatic heterocycles. The molecule has 0 fully saturated rings. The van der Waals surface area contributed by atoms with Gasteiger partial charge in [-0.3, -0.25) is 9.74 Å². The average Bonchev–Trinajstić information content (AvgIpc) is 2.65. The Labute approximate surface area is 140 Å². The van der Waals surface area contributed by atoms with Crippen molar-refractivity contribution >= 4 is 11.8 Å². The molecular formula is C20H17FO3. The van der Waals surface area contributed by atoms with E-state index in [1.165, 1.54) is 6.08 Å². The number of ketones is 1. The summed E-state index contributed by atoms with van der Waals surface area (Å²) in [4.78, 5) is 25.6. The third-order valence-electron chi connectivity index (χ3n) is 3.41. The van der Waals surface area contributed by atoms with E-state index in [1.807, 2.05) is 54.6 Å². The predicted molar refractivity (Wildman–Crippen MR) is 90.9 cm³/mol. The second-order valence-corrected chi connectivity index (χ2v) is 5.09. The lowest BCUT2D eigenvalue weighted by Gasteiger charge is -2.03. The van der Waals surface area contributed by atoms with E-state index < -0.39 is 5.97 Å². The zero-order valence-corrected chi connectivity index (χ0v) is 13.0. The van der Waals surface area contributed by atoms with Crippen LogP contribution in [0.1, 0.15) is 23.2 Å². The van der Waals surface area contributed by atoms with E-state index in [0.717, 1.165) is 17.2 Å². The van der Waals surface area contributed by atoms with E-state index in [1.54, 1.807) is 12.2 Å². The van der Waals surface area contributed by atoms with E-state index in [4.69, 9.17) is 0 Å². The molecule has 0 bridgehead atoms. The summed E-state index contributed by atoms with van der Waals surface area (Å²) in [6.07, 6.45) is 6.53. The Morgan fingerprint density at radius 2 is 1.58 bits per heavy atom. The van der Waals surface area contributed by atoms with Crippen molar-refractivity contribution in [3.8, 4) is 11.1 Å².